The van der Waals surface area contributed by atoms with Crippen LogP contribution in [0.25, 0.3) is 10.2 Å². The zero-order valence-electron chi connectivity index (χ0n) is 11.1. The molecule has 3 aromatic rings. The van der Waals surface area contributed by atoms with Crippen molar-refractivity contribution in [3.05, 3.63) is 41.3 Å². The summed E-state index contributed by atoms with van der Waals surface area (Å²) in [7, 11) is 0. The summed E-state index contributed by atoms with van der Waals surface area (Å²) in [5.41, 5.74) is 8.46. The number of thiophene rings is 1. The average molecular weight is 282 g/mol. The van der Waals surface area contributed by atoms with Crippen LogP contribution in [0.3, 0.4) is 0 Å². The number of aromatic nitrogens is 2. The maximum Gasteiger partial charge on any atom is 0.223 e. The van der Waals surface area contributed by atoms with Crippen LogP contribution in [0.5, 0.6) is 0 Å². The molecule has 5 heteroatoms. The van der Waals surface area contributed by atoms with E-state index in [-0.39, 0.29) is 0 Å². The van der Waals surface area contributed by atoms with Crippen molar-refractivity contribution in [1.82, 2.24) is 9.97 Å². The largest absolute Gasteiger partial charge is 0.368 e. The van der Waals surface area contributed by atoms with Crippen LogP contribution in [0.1, 0.15) is 12.5 Å². The highest BCUT2D eigenvalue weighted by molar-refractivity contribution is 7.16. The Morgan fingerprint density at radius 2 is 2.10 bits per heavy atom. The molecule has 0 saturated heterocycles. The zero-order chi connectivity index (χ0) is 13.7. The Bertz CT molecular complexity index is 795. The fourth-order valence-electron chi connectivity index (χ4n) is 2.93. The molecule has 1 aliphatic rings. The van der Waals surface area contributed by atoms with E-state index in [0.717, 1.165) is 22.5 Å². The summed E-state index contributed by atoms with van der Waals surface area (Å²) >= 11 is 1.60. The molecule has 0 saturated carbocycles. The Morgan fingerprint density at radius 3 is 3.00 bits per heavy atom. The number of rotatable bonds is 1. The van der Waals surface area contributed by atoms with Crippen LogP contribution in [0.2, 0.25) is 0 Å². The van der Waals surface area contributed by atoms with Gasteiger partial charge in [0.15, 0.2) is 0 Å². The Labute approximate surface area is 120 Å². The first-order valence-corrected chi connectivity index (χ1v) is 7.50. The zero-order valence-corrected chi connectivity index (χ0v) is 11.9. The molecular formula is C15H14N4S. The van der Waals surface area contributed by atoms with Crippen molar-refractivity contribution in [3.63, 3.8) is 0 Å². The lowest BCUT2D eigenvalue weighted by Crippen LogP contribution is -2.25. The van der Waals surface area contributed by atoms with E-state index in [0.29, 0.717) is 12.0 Å². The first-order valence-electron chi connectivity index (χ1n) is 6.62. The highest BCUT2D eigenvalue weighted by atomic mass is 32.1. The van der Waals surface area contributed by atoms with Crippen LogP contribution < -0.4 is 10.6 Å². The van der Waals surface area contributed by atoms with Gasteiger partial charge < -0.3 is 10.6 Å². The second-order valence-corrected chi connectivity index (χ2v) is 5.99. The molecule has 1 atom stereocenters. The van der Waals surface area contributed by atoms with Crippen molar-refractivity contribution in [2.24, 2.45) is 0 Å². The van der Waals surface area contributed by atoms with Crippen molar-refractivity contribution in [2.75, 3.05) is 10.6 Å². The van der Waals surface area contributed by atoms with E-state index in [9.17, 15) is 0 Å². The van der Waals surface area contributed by atoms with Gasteiger partial charge >= 0.3 is 0 Å². The third-order valence-corrected chi connectivity index (χ3v) is 4.56. The molecule has 0 fully saturated rings. The highest BCUT2D eigenvalue weighted by Gasteiger charge is 2.29. The van der Waals surface area contributed by atoms with Crippen molar-refractivity contribution in [3.8, 4) is 0 Å². The highest BCUT2D eigenvalue weighted by Crippen LogP contribution is 2.40. The van der Waals surface area contributed by atoms with Gasteiger partial charge in [-0.25, -0.2) is 4.98 Å². The molecule has 20 heavy (non-hydrogen) atoms. The predicted molar refractivity (Wildman–Crippen MR) is 83.6 cm³/mol. The summed E-state index contributed by atoms with van der Waals surface area (Å²) in [5, 5.41) is 3.11. The number of fused-ring (bicyclic) bond motifs is 2. The van der Waals surface area contributed by atoms with E-state index in [2.05, 4.69) is 52.1 Å². The van der Waals surface area contributed by atoms with E-state index in [4.69, 9.17) is 5.73 Å². The monoisotopic (exact) mass is 282 g/mol. The summed E-state index contributed by atoms with van der Waals surface area (Å²) in [4.78, 5) is 12.0. The lowest BCUT2D eigenvalue weighted by molar-refractivity contribution is 0.753. The maximum atomic E-state index is 5.87. The Morgan fingerprint density at radius 1 is 1.25 bits per heavy atom. The van der Waals surface area contributed by atoms with Gasteiger partial charge in [-0.3, -0.25) is 0 Å². The van der Waals surface area contributed by atoms with Gasteiger partial charge in [0.05, 0.1) is 5.39 Å². The van der Waals surface area contributed by atoms with Gasteiger partial charge in [0.1, 0.15) is 10.6 Å². The molecule has 2 N–H and O–H groups in total. The van der Waals surface area contributed by atoms with Gasteiger partial charge in [0.25, 0.3) is 0 Å². The van der Waals surface area contributed by atoms with Crippen LogP contribution in [0.15, 0.2) is 35.7 Å². The molecule has 3 heterocycles. The fourth-order valence-corrected chi connectivity index (χ4v) is 3.69. The molecule has 0 spiro atoms. The molecule has 2 aromatic heterocycles. The average Bonchev–Trinajstić information content (AvgIpc) is 3.00. The van der Waals surface area contributed by atoms with Crippen molar-refractivity contribution >= 4 is 39.0 Å². The molecule has 1 unspecified atom stereocenters. The number of hydrogen-bond donors (Lipinski definition) is 1. The minimum absolute atomic E-state index is 0.339. The van der Waals surface area contributed by atoms with Gasteiger partial charge in [-0.15, -0.1) is 11.3 Å². The van der Waals surface area contributed by atoms with E-state index >= 15 is 0 Å². The number of para-hydroxylation sites is 1. The minimum atomic E-state index is 0.339. The van der Waals surface area contributed by atoms with E-state index in [1.807, 2.05) is 5.38 Å². The van der Waals surface area contributed by atoms with Crippen LogP contribution in [0, 0.1) is 0 Å². The second-order valence-electron chi connectivity index (χ2n) is 5.10. The summed E-state index contributed by atoms with van der Waals surface area (Å²) in [5.74, 6) is 1.26. The third-order valence-electron chi connectivity index (χ3n) is 3.76. The van der Waals surface area contributed by atoms with Gasteiger partial charge in [-0.2, -0.15) is 4.98 Å². The lowest BCUT2D eigenvalue weighted by Gasteiger charge is -2.24. The molecule has 0 amide bonds. The SMILES string of the molecule is CC1Cc2ccccc2N1c1nc(N)nc2sccc12. The van der Waals surface area contributed by atoms with Crippen LogP contribution >= 0.6 is 11.3 Å². The number of benzene rings is 1. The van der Waals surface area contributed by atoms with Gasteiger partial charge in [-0.1, -0.05) is 18.2 Å². The van der Waals surface area contributed by atoms with Crippen LogP contribution in [0.4, 0.5) is 17.5 Å². The van der Waals surface area contributed by atoms with Crippen molar-refractivity contribution < 1.29 is 0 Å². The molecule has 1 aliphatic heterocycles. The summed E-state index contributed by atoms with van der Waals surface area (Å²) in [6.07, 6.45) is 1.03. The lowest BCUT2D eigenvalue weighted by atomic mass is 10.1. The molecule has 0 bridgehead atoms. The quantitative estimate of drug-likeness (QED) is 0.743. The van der Waals surface area contributed by atoms with Crippen LogP contribution in [-0.2, 0) is 6.42 Å². The standard InChI is InChI=1S/C15H14N4S/c1-9-8-10-4-2-3-5-12(10)19(9)13-11-6-7-20-14(11)18-15(16)17-13/h2-7,9H,8H2,1H3,(H2,16,17,18). The first-order chi connectivity index (χ1) is 9.74. The smallest absolute Gasteiger partial charge is 0.223 e. The summed E-state index contributed by atoms with van der Waals surface area (Å²) in [6.45, 7) is 2.22. The van der Waals surface area contributed by atoms with E-state index < -0.39 is 0 Å². The van der Waals surface area contributed by atoms with Crippen molar-refractivity contribution in [2.45, 2.75) is 19.4 Å². The Kier molecular flexibility index (Phi) is 2.44. The summed E-state index contributed by atoms with van der Waals surface area (Å²) < 4.78 is 0. The predicted octanol–water partition coefficient (Wildman–Crippen LogP) is 3.36. The molecule has 4 rings (SSSR count). The number of nitrogens with two attached hydrogens (primary N) is 1. The number of anilines is 3. The summed E-state index contributed by atoms with van der Waals surface area (Å²) in [6, 6.07) is 10.9. The molecule has 0 radical (unpaired) electrons. The molecule has 100 valence electrons. The minimum Gasteiger partial charge on any atom is -0.368 e. The van der Waals surface area contributed by atoms with E-state index in [1.165, 1.54) is 11.3 Å². The number of nitrogen functional groups attached to an aromatic ring is 1. The molecular weight excluding hydrogens is 268 g/mol. The molecule has 0 aliphatic carbocycles. The number of hydrogen-bond acceptors (Lipinski definition) is 5. The normalized spacial score (nSPS) is 17.6. The Hall–Kier alpha value is -2.14. The molecule has 4 nitrogen and oxygen atoms in total. The second kappa shape index (κ2) is 4.18. The first kappa shape index (κ1) is 11.7. The van der Waals surface area contributed by atoms with Crippen LogP contribution in [-0.4, -0.2) is 16.0 Å². The van der Waals surface area contributed by atoms with Crippen molar-refractivity contribution in [1.29, 1.82) is 0 Å². The topological polar surface area (TPSA) is 55.0 Å². The van der Waals surface area contributed by atoms with Gasteiger partial charge in [0.2, 0.25) is 5.95 Å². The molecule has 1 aromatic carbocycles. The number of nitrogens with zero attached hydrogens (tertiary/aromatic N) is 3. The Balaban J connectivity index is 1.97. The fraction of sp³-hybridized carbons (Fsp3) is 0.200. The van der Waals surface area contributed by atoms with Gasteiger partial charge in [0, 0.05) is 11.7 Å². The third kappa shape index (κ3) is 1.59. The van der Waals surface area contributed by atoms with E-state index in [1.54, 1.807) is 11.3 Å². The van der Waals surface area contributed by atoms with Gasteiger partial charge in [-0.05, 0) is 36.4 Å². The maximum absolute atomic E-state index is 5.87.